The van der Waals surface area contributed by atoms with Gasteiger partial charge in [0.05, 0.1) is 0 Å². The lowest BCUT2D eigenvalue weighted by Crippen LogP contribution is -2.50. The van der Waals surface area contributed by atoms with Crippen molar-refractivity contribution in [3.8, 4) is 0 Å². The van der Waals surface area contributed by atoms with Crippen molar-refractivity contribution in [3.63, 3.8) is 0 Å². The van der Waals surface area contributed by atoms with Crippen LogP contribution >= 0.6 is 11.3 Å². The third kappa shape index (κ3) is 2.89. The molecule has 6 heteroatoms. The smallest absolute Gasteiger partial charge is 0.234 e. The van der Waals surface area contributed by atoms with E-state index in [0.717, 1.165) is 24.8 Å². The lowest BCUT2D eigenvalue weighted by atomic mass is 9.72. The molecule has 1 amide bonds. The monoisotopic (exact) mass is 281 g/mol. The van der Waals surface area contributed by atoms with Crippen LogP contribution < -0.4 is 11.1 Å². The summed E-state index contributed by atoms with van der Waals surface area (Å²) >= 11 is 1.60. The van der Waals surface area contributed by atoms with Crippen LogP contribution in [0.25, 0.3) is 0 Å². The lowest BCUT2D eigenvalue weighted by Gasteiger charge is -2.34. The van der Waals surface area contributed by atoms with Crippen LogP contribution in [-0.2, 0) is 11.3 Å². The van der Waals surface area contributed by atoms with Crippen LogP contribution in [-0.4, -0.2) is 17.0 Å². The van der Waals surface area contributed by atoms with E-state index >= 15 is 0 Å². The van der Waals surface area contributed by atoms with Gasteiger partial charge in [-0.1, -0.05) is 24.4 Å². The van der Waals surface area contributed by atoms with Crippen molar-refractivity contribution in [2.75, 3.05) is 0 Å². The van der Waals surface area contributed by atoms with E-state index < -0.39 is 5.41 Å². The van der Waals surface area contributed by atoms with Crippen molar-refractivity contribution in [1.82, 2.24) is 5.32 Å². The number of thiophene rings is 1. The Morgan fingerprint density at radius 2 is 2.21 bits per heavy atom. The molecule has 0 aromatic carbocycles. The first-order valence-electron chi connectivity index (χ1n) is 6.46. The van der Waals surface area contributed by atoms with E-state index in [1.807, 2.05) is 16.8 Å². The summed E-state index contributed by atoms with van der Waals surface area (Å²) in [5, 5.41) is 18.9. The van der Waals surface area contributed by atoms with Crippen molar-refractivity contribution in [3.05, 3.63) is 22.4 Å². The minimum absolute atomic E-state index is 0.0371. The molecule has 1 aromatic heterocycles. The fourth-order valence-electron chi connectivity index (χ4n) is 2.60. The van der Waals surface area contributed by atoms with Crippen LogP contribution in [0.5, 0.6) is 0 Å². The molecule has 0 unspecified atom stereocenters. The molecule has 1 aliphatic carbocycles. The zero-order valence-corrected chi connectivity index (χ0v) is 11.6. The zero-order valence-electron chi connectivity index (χ0n) is 10.8. The van der Waals surface area contributed by atoms with E-state index in [4.69, 9.17) is 10.9 Å². The summed E-state index contributed by atoms with van der Waals surface area (Å²) in [4.78, 5) is 12.4. The van der Waals surface area contributed by atoms with Gasteiger partial charge in [0.25, 0.3) is 0 Å². The average Bonchev–Trinajstić information content (AvgIpc) is 2.97. The van der Waals surface area contributed by atoms with Gasteiger partial charge in [-0.2, -0.15) is 11.3 Å². The third-order valence-corrected chi connectivity index (χ3v) is 4.51. The molecule has 0 spiro atoms. The molecule has 19 heavy (non-hydrogen) atoms. The standard InChI is InChI=1S/C13H19N3O2S/c14-11(16-18)13(5-2-1-3-6-13)12(17)15-8-10-4-7-19-9-10/h4,7,9,18H,1-3,5-6,8H2,(H2,14,16)(H,15,17). The summed E-state index contributed by atoms with van der Waals surface area (Å²) in [5.41, 5.74) is 6.02. The molecule has 1 aromatic rings. The summed E-state index contributed by atoms with van der Waals surface area (Å²) in [6.45, 7) is 0.489. The summed E-state index contributed by atoms with van der Waals surface area (Å²) in [6, 6.07) is 1.97. The van der Waals surface area contributed by atoms with Crippen LogP contribution in [0, 0.1) is 5.41 Å². The number of carbonyl (C=O) groups excluding carboxylic acids is 1. The van der Waals surface area contributed by atoms with E-state index in [0.29, 0.717) is 19.4 Å². The molecule has 4 N–H and O–H groups in total. The molecule has 5 nitrogen and oxygen atoms in total. The Labute approximate surface area is 116 Å². The first kappa shape index (κ1) is 13.9. The maximum atomic E-state index is 12.4. The average molecular weight is 281 g/mol. The van der Waals surface area contributed by atoms with Gasteiger partial charge in [-0.05, 0) is 35.2 Å². The summed E-state index contributed by atoms with van der Waals surface area (Å²) < 4.78 is 0. The normalized spacial score (nSPS) is 19.1. The molecule has 0 aliphatic heterocycles. The van der Waals surface area contributed by atoms with Crippen molar-refractivity contribution in [2.24, 2.45) is 16.3 Å². The van der Waals surface area contributed by atoms with Crippen molar-refractivity contribution >= 4 is 23.1 Å². The minimum atomic E-state index is -0.830. The highest BCUT2D eigenvalue weighted by Crippen LogP contribution is 2.36. The highest BCUT2D eigenvalue weighted by molar-refractivity contribution is 7.07. The fourth-order valence-corrected chi connectivity index (χ4v) is 3.26. The van der Waals surface area contributed by atoms with E-state index in [-0.39, 0.29) is 11.7 Å². The molecular formula is C13H19N3O2S. The molecule has 0 bridgehead atoms. The fraction of sp³-hybridized carbons (Fsp3) is 0.538. The molecule has 0 saturated heterocycles. The van der Waals surface area contributed by atoms with E-state index in [9.17, 15) is 4.79 Å². The predicted molar refractivity (Wildman–Crippen MR) is 75.1 cm³/mol. The van der Waals surface area contributed by atoms with E-state index in [1.54, 1.807) is 11.3 Å². The van der Waals surface area contributed by atoms with Crippen LogP contribution in [0.15, 0.2) is 22.0 Å². The first-order chi connectivity index (χ1) is 9.19. The molecular weight excluding hydrogens is 262 g/mol. The van der Waals surface area contributed by atoms with Crippen LogP contribution in [0.4, 0.5) is 0 Å². The number of hydrogen-bond acceptors (Lipinski definition) is 4. The van der Waals surface area contributed by atoms with Gasteiger partial charge in [0.2, 0.25) is 5.91 Å². The van der Waals surface area contributed by atoms with E-state index in [1.165, 1.54) is 0 Å². The molecule has 104 valence electrons. The number of hydrogen-bond donors (Lipinski definition) is 3. The van der Waals surface area contributed by atoms with Gasteiger partial charge < -0.3 is 16.3 Å². The lowest BCUT2D eigenvalue weighted by molar-refractivity contribution is -0.129. The number of amidine groups is 1. The number of rotatable bonds is 4. The number of nitrogens with one attached hydrogen (secondary N) is 1. The van der Waals surface area contributed by atoms with Gasteiger partial charge in [0.1, 0.15) is 5.41 Å². The van der Waals surface area contributed by atoms with Crippen LogP contribution in [0.3, 0.4) is 0 Å². The Morgan fingerprint density at radius 3 is 2.79 bits per heavy atom. The molecule has 1 heterocycles. The quantitative estimate of drug-likeness (QED) is 0.341. The number of nitrogens with zero attached hydrogens (tertiary/aromatic N) is 1. The number of nitrogens with two attached hydrogens (primary N) is 1. The van der Waals surface area contributed by atoms with Gasteiger partial charge >= 0.3 is 0 Å². The molecule has 1 saturated carbocycles. The summed E-state index contributed by atoms with van der Waals surface area (Å²) in [5.74, 6) is -0.0938. The molecule has 1 aliphatic rings. The SMILES string of the molecule is NC(=NO)C1(C(=O)NCc2ccsc2)CCCCC1. The van der Waals surface area contributed by atoms with Gasteiger partial charge in [-0.3, -0.25) is 4.79 Å². The highest BCUT2D eigenvalue weighted by Gasteiger charge is 2.43. The maximum absolute atomic E-state index is 12.4. The number of amides is 1. The Kier molecular flexibility index (Phi) is 4.42. The van der Waals surface area contributed by atoms with Gasteiger partial charge in [-0.25, -0.2) is 0 Å². The Morgan fingerprint density at radius 1 is 1.47 bits per heavy atom. The molecule has 2 rings (SSSR count). The van der Waals surface area contributed by atoms with E-state index in [2.05, 4.69) is 10.5 Å². The predicted octanol–water partition coefficient (Wildman–Crippen LogP) is 2.06. The summed E-state index contributed by atoms with van der Waals surface area (Å²) in [7, 11) is 0. The number of carbonyl (C=O) groups is 1. The Balaban J connectivity index is 2.07. The Hall–Kier alpha value is -1.56. The third-order valence-electron chi connectivity index (χ3n) is 3.77. The zero-order chi connectivity index (χ0) is 13.7. The molecule has 0 radical (unpaired) electrons. The topological polar surface area (TPSA) is 87.7 Å². The highest BCUT2D eigenvalue weighted by atomic mass is 32.1. The maximum Gasteiger partial charge on any atom is 0.234 e. The molecule has 0 atom stereocenters. The summed E-state index contributed by atoms with van der Waals surface area (Å²) in [6.07, 6.45) is 4.26. The largest absolute Gasteiger partial charge is 0.409 e. The van der Waals surface area contributed by atoms with Gasteiger partial charge in [0.15, 0.2) is 5.84 Å². The molecule has 1 fully saturated rings. The second-order valence-corrected chi connectivity index (χ2v) is 5.72. The van der Waals surface area contributed by atoms with Crippen molar-refractivity contribution < 1.29 is 10.0 Å². The minimum Gasteiger partial charge on any atom is -0.409 e. The van der Waals surface area contributed by atoms with Crippen molar-refractivity contribution in [1.29, 1.82) is 0 Å². The van der Waals surface area contributed by atoms with Crippen molar-refractivity contribution in [2.45, 2.75) is 38.6 Å². The van der Waals surface area contributed by atoms with Gasteiger partial charge in [0, 0.05) is 6.54 Å². The second-order valence-electron chi connectivity index (χ2n) is 4.94. The number of oxime groups is 1. The Bertz CT molecular complexity index is 450. The van der Waals surface area contributed by atoms with Gasteiger partial charge in [-0.15, -0.1) is 0 Å². The van der Waals surface area contributed by atoms with Crippen LogP contribution in [0.1, 0.15) is 37.7 Å². The first-order valence-corrected chi connectivity index (χ1v) is 7.41. The van der Waals surface area contributed by atoms with Crippen LogP contribution in [0.2, 0.25) is 0 Å². The second kappa shape index (κ2) is 6.06.